The summed E-state index contributed by atoms with van der Waals surface area (Å²) < 4.78 is 31.9. The summed E-state index contributed by atoms with van der Waals surface area (Å²) in [5, 5.41) is 9.79. The van der Waals surface area contributed by atoms with Gasteiger partial charge in [-0.2, -0.15) is 0 Å². The Labute approximate surface area is 125 Å². The Morgan fingerprint density at radius 2 is 1.90 bits per heavy atom. The molecule has 1 aliphatic rings. The molecule has 1 fully saturated rings. The highest BCUT2D eigenvalue weighted by molar-refractivity contribution is 7.89. The molecule has 1 saturated carbocycles. The van der Waals surface area contributed by atoms with Crippen LogP contribution in [0.15, 0.2) is 24.3 Å². The van der Waals surface area contributed by atoms with E-state index in [1.807, 2.05) is 0 Å². The first-order chi connectivity index (χ1) is 9.96. The Balaban J connectivity index is 1.79. The number of hydrogen-bond acceptors (Lipinski definition) is 5. The third-order valence-corrected chi connectivity index (χ3v) is 4.93. The molecule has 0 spiro atoms. The van der Waals surface area contributed by atoms with E-state index < -0.39 is 16.1 Å². The molecule has 0 amide bonds. The van der Waals surface area contributed by atoms with Crippen molar-refractivity contribution in [1.29, 1.82) is 0 Å². The molecule has 0 aliphatic heterocycles. The maximum absolute atomic E-state index is 12.0. The van der Waals surface area contributed by atoms with Gasteiger partial charge in [-0.25, -0.2) is 13.1 Å². The van der Waals surface area contributed by atoms with E-state index in [-0.39, 0.29) is 18.4 Å². The van der Waals surface area contributed by atoms with E-state index in [1.54, 1.807) is 24.3 Å². The Morgan fingerprint density at radius 1 is 1.24 bits per heavy atom. The van der Waals surface area contributed by atoms with E-state index in [1.165, 1.54) is 0 Å². The molecular formula is C14H22N2O4S. The van der Waals surface area contributed by atoms with Crippen LogP contribution in [0.5, 0.6) is 5.75 Å². The fraction of sp³-hybridized carbons (Fsp3) is 0.571. The molecule has 2 atom stereocenters. The van der Waals surface area contributed by atoms with Crippen molar-refractivity contribution in [2.24, 2.45) is 0 Å². The summed E-state index contributed by atoms with van der Waals surface area (Å²) in [6, 6.07) is 6.40. The summed E-state index contributed by atoms with van der Waals surface area (Å²) >= 11 is 0. The van der Waals surface area contributed by atoms with Crippen molar-refractivity contribution < 1.29 is 18.3 Å². The molecule has 0 aromatic heterocycles. The van der Waals surface area contributed by atoms with Crippen molar-refractivity contribution >= 4 is 15.7 Å². The van der Waals surface area contributed by atoms with Gasteiger partial charge >= 0.3 is 0 Å². The summed E-state index contributed by atoms with van der Waals surface area (Å²) in [5.74, 6) is 0.442. The lowest BCUT2D eigenvalue weighted by molar-refractivity contribution is 0.101. The SMILES string of the molecule is Nc1ccc(OCCS(=O)(=O)N[C@@H]2CCCC[C@H]2O)cc1. The highest BCUT2D eigenvalue weighted by Gasteiger charge is 2.27. The van der Waals surface area contributed by atoms with E-state index in [2.05, 4.69) is 4.72 Å². The number of nitrogen functional groups attached to an aromatic ring is 1. The molecule has 0 radical (unpaired) electrons. The van der Waals surface area contributed by atoms with E-state index >= 15 is 0 Å². The van der Waals surface area contributed by atoms with Crippen molar-refractivity contribution in [2.45, 2.75) is 37.8 Å². The number of rotatable bonds is 6. The molecule has 1 aromatic rings. The Bertz CT molecular complexity index is 545. The van der Waals surface area contributed by atoms with Crippen LogP contribution >= 0.6 is 0 Å². The van der Waals surface area contributed by atoms with Crippen molar-refractivity contribution in [2.75, 3.05) is 18.1 Å². The van der Waals surface area contributed by atoms with Gasteiger partial charge in [0.25, 0.3) is 0 Å². The fourth-order valence-electron chi connectivity index (χ4n) is 2.37. The van der Waals surface area contributed by atoms with Crippen LogP contribution in [-0.2, 0) is 10.0 Å². The fourth-order valence-corrected chi connectivity index (χ4v) is 3.53. The molecule has 0 saturated heterocycles. The first kappa shape index (κ1) is 16.1. The molecule has 1 aliphatic carbocycles. The number of benzene rings is 1. The van der Waals surface area contributed by atoms with Crippen LogP contribution in [0.4, 0.5) is 5.69 Å². The van der Waals surface area contributed by atoms with E-state index in [0.29, 0.717) is 24.3 Å². The van der Waals surface area contributed by atoms with Gasteiger partial charge in [-0.05, 0) is 37.1 Å². The molecule has 6 nitrogen and oxygen atoms in total. The zero-order valence-corrected chi connectivity index (χ0v) is 12.7. The lowest BCUT2D eigenvalue weighted by Gasteiger charge is -2.28. The van der Waals surface area contributed by atoms with Crippen LogP contribution in [0.25, 0.3) is 0 Å². The predicted molar refractivity (Wildman–Crippen MR) is 81.5 cm³/mol. The standard InChI is InChI=1S/C14H22N2O4S/c15-11-5-7-12(8-6-11)20-9-10-21(18,19)16-13-3-1-2-4-14(13)17/h5-8,13-14,16-17H,1-4,9-10,15H2/t13-,14-/m1/s1. The summed E-state index contributed by atoms with van der Waals surface area (Å²) in [6.45, 7) is 0.0576. The van der Waals surface area contributed by atoms with Gasteiger partial charge in [0, 0.05) is 11.7 Å². The predicted octanol–water partition coefficient (Wildman–Crippen LogP) is 0.870. The summed E-state index contributed by atoms with van der Waals surface area (Å²) in [5.41, 5.74) is 6.18. The number of sulfonamides is 1. The molecule has 21 heavy (non-hydrogen) atoms. The van der Waals surface area contributed by atoms with Gasteiger partial charge in [-0.1, -0.05) is 12.8 Å². The second-order valence-electron chi connectivity index (χ2n) is 5.31. The Morgan fingerprint density at radius 3 is 2.57 bits per heavy atom. The van der Waals surface area contributed by atoms with Crippen molar-refractivity contribution in [1.82, 2.24) is 4.72 Å². The minimum absolute atomic E-state index is 0.0576. The number of aliphatic hydroxyl groups excluding tert-OH is 1. The van der Waals surface area contributed by atoms with Crippen LogP contribution in [0.3, 0.4) is 0 Å². The Hall–Kier alpha value is -1.31. The Kier molecular flexibility index (Phi) is 5.44. The zero-order valence-electron chi connectivity index (χ0n) is 11.9. The maximum atomic E-state index is 12.0. The molecule has 0 unspecified atom stereocenters. The summed E-state index contributed by atoms with van der Waals surface area (Å²) in [6.07, 6.45) is 2.62. The first-order valence-corrected chi connectivity index (χ1v) is 8.78. The maximum Gasteiger partial charge on any atom is 0.215 e. The smallest absolute Gasteiger partial charge is 0.215 e. The van der Waals surface area contributed by atoms with E-state index in [4.69, 9.17) is 10.5 Å². The summed E-state index contributed by atoms with van der Waals surface area (Å²) in [7, 11) is -3.45. The van der Waals surface area contributed by atoms with Crippen LogP contribution in [-0.4, -0.2) is 38.0 Å². The third-order valence-electron chi connectivity index (χ3n) is 3.56. The molecular weight excluding hydrogens is 292 g/mol. The van der Waals surface area contributed by atoms with Gasteiger partial charge in [0.1, 0.15) is 12.4 Å². The average Bonchev–Trinajstić information content (AvgIpc) is 2.43. The van der Waals surface area contributed by atoms with Crippen LogP contribution < -0.4 is 15.2 Å². The van der Waals surface area contributed by atoms with E-state index in [0.717, 1.165) is 12.8 Å². The first-order valence-electron chi connectivity index (χ1n) is 7.13. The van der Waals surface area contributed by atoms with Crippen molar-refractivity contribution in [3.8, 4) is 5.75 Å². The zero-order chi connectivity index (χ0) is 15.3. The average molecular weight is 314 g/mol. The number of ether oxygens (including phenoxy) is 1. The van der Waals surface area contributed by atoms with Crippen LogP contribution in [0.2, 0.25) is 0 Å². The number of aliphatic hydroxyl groups is 1. The van der Waals surface area contributed by atoms with Crippen LogP contribution in [0, 0.1) is 0 Å². The van der Waals surface area contributed by atoms with Gasteiger partial charge in [0.2, 0.25) is 10.0 Å². The number of nitrogens with two attached hydrogens (primary N) is 1. The molecule has 0 heterocycles. The second kappa shape index (κ2) is 7.11. The minimum Gasteiger partial charge on any atom is -0.492 e. The second-order valence-corrected chi connectivity index (χ2v) is 7.19. The third kappa shape index (κ3) is 5.18. The van der Waals surface area contributed by atoms with Gasteiger partial charge in [-0.15, -0.1) is 0 Å². The quantitative estimate of drug-likeness (QED) is 0.676. The van der Waals surface area contributed by atoms with E-state index in [9.17, 15) is 13.5 Å². The highest BCUT2D eigenvalue weighted by Crippen LogP contribution is 2.19. The lowest BCUT2D eigenvalue weighted by atomic mass is 9.93. The number of nitrogens with one attached hydrogen (secondary N) is 1. The molecule has 118 valence electrons. The van der Waals surface area contributed by atoms with Crippen molar-refractivity contribution in [3.05, 3.63) is 24.3 Å². The molecule has 7 heteroatoms. The molecule has 4 N–H and O–H groups in total. The highest BCUT2D eigenvalue weighted by atomic mass is 32.2. The topological polar surface area (TPSA) is 102 Å². The van der Waals surface area contributed by atoms with Gasteiger partial charge in [-0.3, -0.25) is 0 Å². The van der Waals surface area contributed by atoms with Gasteiger partial charge in [0.05, 0.1) is 11.9 Å². The van der Waals surface area contributed by atoms with Gasteiger partial charge < -0.3 is 15.6 Å². The monoisotopic (exact) mass is 314 g/mol. The van der Waals surface area contributed by atoms with Crippen LogP contribution in [0.1, 0.15) is 25.7 Å². The normalized spacial score (nSPS) is 22.9. The van der Waals surface area contributed by atoms with Crippen molar-refractivity contribution in [3.63, 3.8) is 0 Å². The molecule has 0 bridgehead atoms. The summed E-state index contributed by atoms with van der Waals surface area (Å²) in [4.78, 5) is 0. The molecule has 2 rings (SSSR count). The number of hydrogen-bond donors (Lipinski definition) is 3. The number of anilines is 1. The van der Waals surface area contributed by atoms with Gasteiger partial charge in [0.15, 0.2) is 0 Å². The molecule has 1 aromatic carbocycles. The minimum atomic E-state index is -3.45. The lowest BCUT2D eigenvalue weighted by Crippen LogP contribution is -2.46. The largest absolute Gasteiger partial charge is 0.492 e.